The molecule has 1 saturated heterocycles. The van der Waals surface area contributed by atoms with Crippen molar-refractivity contribution in [3.05, 3.63) is 35.3 Å². The van der Waals surface area contributed by atoms with Crippen molar-refractivity contribution in [1.82, 2.24) is 9.29 Å². The zero-order chi connectivity index (χ0) is 18.4. The highest BCUT2D eigenvalue weighted by Crippen LogP contribution is 2.42. The Kier molecular flexibility index (Phi) is 4.47. The van der Waals surface area contributed by atoms with Gasteiger partial charge in [-0.25, -0.2) is 13.4 Å². The maximum absolute atomic E-state index is 13.4. The molecule has 1 aliphatic rings. The summed E-state index contributed by atoms with van der Waals surface area (Å²) >= 11 is 1.30. The SMILES string of the molecule is Cc1nc(S(=O)(=O)N2C(C(=O)O)CCC2(C)C)c(-c2ccccc2)s1. The molecule has 0 spiro atoms. The number of nitrogens with zero attached hydrogens (tertiary/aromatic N) is 2. The summed E-state index contributed by atoms with van der Waals surface area (Å²) in [4.78, 5) is 16.4. The Hall–Kier alpha value is -1.77. The van der Waals surface area contributed by atoms with Gasteiger partial charge in [0.1, 0.15) is 6.04 Å². The highest BCUT2D eigenvalue weighted by atomic mass is 32.2. The van der Waals surface area contributed by atoms with Crippen molar-refractivity contribution in [2.45, 2.75) is 50.2 Å². The number of benzene rings is 1. The Balaban J connectivity index is 2.17. The van der Waals surface area contributed by atoms with E-state index < -0.39 is 27.6 Å². The summed E-state index contributed by atoms with van der Waals surface area (Å²) in [5, 5.41) is 10.1. The van der Waals surface area contributed by atoms with Crippen molar-refractivity contribution < 1.29 is 18.3 Å². The molecule has 134 valence electrons. The fourth-order valence-electron chi connectivity index (χ4n) is 3.30. The number of hydrogen-bond donors (Lipinski definition) is 1. The van der Waals surface area contributed by atoms with Crippen LogP contribution in [-0.4, -0.2) is 40.4 Å². The van der Waals surface area contributed by atoms with Crippen molar-refractivity contribution in [1.29, 1.82) is 0 Å². The summed E-state index contributed by atoms with van der Waals surface area (Å²) in [6, 6.07) is 8.12. The molecule has 1 fully saturated rings. The second-order valence-corrected chi connectivity index (χ2v) is 9.67. The Bertz CT molecular complexity index is 904. The maximum Gasteiger partial charge on any atom is 0.322 e. The van der Waals surface area contributed by atoms with E-state index in [2.05, 4.69) is 4.98 Å². The normalized spacial score (nSPS) is 20.7. The number of rotatable bonds is 4. The molecule has 1 aromatic heterocycles. The molecule has 25 heavy (non-hydrogen) atoms. The molecular formula is C17H20N2O4S2. The number of hydrogen-bond acceptors (Lipinski definition) is 5. The smallest absolute Gasteiger partial charge is 0.322 e. The van der Waals surface area contributed by atoms with Crippen molar-refractivity contribution in [3.63, 3.8) is 0 Å². The van der Waals surface area contributed by atoms with Crippen LogP contribution in [0.15, 0.2) is 35.4 Å². The van der Waals surface area contributed by atoms with Gasteiger partial charge in [0.2, 0.25) is 0 Å². The van der Waals surface area contributed by atoms with Crippen LogP contribution >= 0.6 is 11.3 Å². The molecule has 0 radical (unpaired) electrons. The minimum atomic E-state index is -4.05. The number of carboxylic acid groups (broad SMARTS) is 1. The minimum absolute atomic E-state index is 0.0533. The largest absolute Gasteiger partial charge is 0.480 e. The van der Waals surface area contributed by atoms with Gasteiger partial charge in [0.25, 0.3) is 10.0 Å². The van der Waals surface area contributed by atoms with Crippen LogP contribution in [0.4, 0.5) is 0 Å². The van der Waals surface area contributed by atoms with Crippen LogP contribution in [0.25, 0.3) is 10.4 Å². The summed E-state index contributed by atoms with van der Waals surface area (Å²) in [5.41, 5.74) is -0.0107. The third-order valence-electron chi connectivity index (χ3n) is 4.44. The van der Waals surface area contributed by atoms with Crippen molar-refractivity contribution in [2.75, 3.05) is 0 Å². The van der Waals surface area contributed by atoms with Gasteiger partial charge in [0, 0.05) is 5.54 Å². The molecule has 0 saturated carbocycles. The average Bonchev–Trinajstić information content (AvgIpc) is 3.08. The van der Waals surface area contributed by atoms with E-state index in [1.165, 1.54) is 11.3 Å². The lowest BCUT2D eigenvalue weighted by atomic mass is 10.0. The lowest BCUT2D eigenvalue weighted by Crippen LogP contribution is -2.49. The van der Waals surface area contributed by atoms with Crippen LogP contribution < -0.4 is 0 Å². The first-order valence-corrected chi connectivity index (χ1v) is 10.2. The third kappa shape index (κ3) is 3.09. The van der Waals surface area contributed by atoms with Gasteiger partial charge in [-0.2, -0.15) is 4.31 Å². The van der Waals surface area contributed by atoms with Crippen LogP contribution in [0.3, 0.4) is 0 Å². The average molecular weight is 380 g/mol. The predicted octanol–water partition coefficient (Wildman–Crippen LogP) is 3.13. The van der Waals surface area contributed by atoms with E-state index in [-0.39, 0.29) is 5.03 Å². The van der Waals surface area contributed by atoms with Gasteiger partial charge in [-0.3, -0.25) is 4.79 Å². The fraction of sp³-hybridized carbons (Fsp3) is 0.412. The minimum Gasteiger partial charge on any atom is -0.480 e. The standard InChI is InChI=1S/C17H20N2O4S2/c1-11-18-15(14(24-11)12-7-5-4-6-8-12)25(22,23)19-13(16(20)21)9-10-17(19,2)3/h4-8,13H,9-10H2,1-3H3,(H,20,21). The molecule has 1 aliphatic heterocycles. The number of aliphatic carboxylic acids is 1. The zero-order valence-corrected chi connectivity index (χ0v) is 15.9. The molecule has 0 aliphatic carbocycles. The summed E-state index contributed by atoms with van der Waals surface area (Å²) in [5.74, 6) is -1.12. The fourth-order valence-corrected chi connectivity index (χ4v) is 6.69. The lowest BCUT2D eigenvalue weighted by Gasteiger charge is -2.32. The monoisotopic (exact) mass is 380 g/mol. The first-order chi connectivity index (χ1) is 11.6. The molecule has 2 heterocycles. The number of aromatic nitrogens is 1. The van der Waals surface area contributed by atoms with Crippen molar-refractivity contribution in [3.8, 4) is 10.4 Å². The van der Waals surface area contributed by atoms with Crippen LogP contribution in [0.1, 0.15) is 31.7 Å². The van der Waals surface area contributed by atoms with Crippen LogP contribution in [-0.2, 0) is 14.8 Å². The quantitative estimate of drug-likeness (QED) is 0.880. The number of carbonyl (C=O) groups is 1. The van der Waals surface area contributed by atoms with Crippen LogP contribution in [0.5, 0.6) is 0 Å². The molecule has 1 atom stereocenters. The number of carboxylic acids is 1. The van der Waals surface area contributed by atoms with Gasteiger partial charge in [-0.05, 0) is 39.2 Å². The molecular weight excluding hydrogens is 360 g/mol. The topological polar surface area (TPSA) is 87.6 Å². The summed E-state index contributed by atoms with van der Waals surface area (Å²) < 4.78 is 27.9. The molecule has 1 unspecified atom stereocenters. The second kappa shape index (κ2) is 6.19. The van der Waals surface area contributed by atoms with Crippen LogP contribution in [0.2, 0.25) is 0 Å². The number of aryl methyl sites for hydroxylation is 1. The second-order valence-electron chi connectivity index (χ2n) is 6.74. The van der Waals surface area contributed by atoms with Gasteiger partial charge in [-0.15, -0.1) is 11.3 Å². The lowest BCUT2D eigenvalue weighted by molar-refractivity contribution is -0.141. The van der Waals surface area contributed by atoms with E-state index >= 15 is 0 Å². The van der Waals surface area contributed by atoms with E-state index in [0.717, 1.165) is 9.87 Å². The molecule has 1 aromatic carbocycles. The number of sulfonamides is 1. The van der Waals surface area contributed by atoms with Gasteiger partial charge in [0.15, 0.2) is 5.03 Å². The van der Waals surface area contributed by atoms with E-state index in [9.17, 15) is 18.3 Å². The molecule has 6 nitrogen and oxygen atoms in total. The Labute approximate surface area is 151 Å². The zero-order valence-electron chi connectivity index (χ0n) is 14.3. The molecule has 1 N–H and O–H groups in total. The van der Waals surface area contributed by atoms with Crippen molar-refractivity contribution >= 4 is 27.3 Å². The van der Waals surface area contributed by atoms with Crippen LogP contribution in [0, 0.1) is 6.92 Å². The summed E-state index contributed by atoms with van der Waals surface area (Å²) in [6.07, 6.45) is 0.790. The highest BCUT2D eigenvalue weighted by molar-refractivity contribution is 7.89. The molecule has 0 amide bonds. The van der Waals surface area contributed by atoms with Gasteiger partial charge < -0.3 is 5.11 Å². The first kappa shape index (κ1) is 18.0. The molecule has 3 rings (SSSR count). The van der Waals surface area contributed by atoms with Gasteiger partial charge in [-0.1, -0.05) is 30.3 Å². The van der Waals surface area contributed by atoms with Gasteiger partial charge in [0.05, 0.1) is 9.88 Å². The molecule has 2 aromatic rings. The Morgan fingerprint density at radius 1 is 1.32 bits per heavy atom. The van der Waals surface area contributed by atoms with E-state index in [0.29, 0.717) is 22.7 Å². The molecule has 8 heteroatoms. The van der Waals surface area contributed by atoms with E-state index in [4.69, 9.17) is 0 Å². The van der Waals surface area contributed by atoms with Crippen molar-refractivity contribution in [2.24, 2.45) is 0 Å². The number of thiazole rings is 1. The molecule has 0 bridgehead atoms. The summed E-state index contributed by atoms with van der Waals surface area (Å²) in [7, 11) is -4.05. The predicted molar refractivity (Wildman–Crippen MR) is 96.0 cm³/mol. The van der Waals surface area contributed by atoms with Gasteiger partial charge >= 0.3 is 5.97 Å². The van der Waals surface area contributed by atoms with E-state index in [1.807, 2.05) is 30.3 Å². The Morgan fingerprint density at radius 2 is 1.96 bits per heavy atom. The highest BCUT2D eigenvalue weighted by Gasteiger charge is 2.51. The maximum atomic E-state index is 13.4. The van der Waals surface area contributed by atoms with E-state index in [1.54, 1.807) is 20.8 Å². The summed E-state index contributed by atoms with van der Waals surface area (Å²) in [6.45, 7) is 5.27. The Morgan fingerprint density at radius 3 is 2.56 bits per heavy atom. The third-order valence-corrected chi connectivity index (χ3v) is 7.64. The first-order valence-electron chi connectivity index (χ1n) is 7.95.